The minimum absolute atomic E-state index is 0. The number of methoxy groups -OCH3 is 1. The van der Waals surface area contributed by atoms with Crippen LogP contribution < -0.4 is 10.2 Å². The van der Waals surface area contributed by atoms with Gasteiger partial charge in [-0.2, -0.15) is 5.10 Å². The molecule has 2 rings (SSSR count). The molecule has 0 saturated carbocycles. The number of amides is 1. The topological polar surface area (TPSA) is 86.5 Å². The molecule has 0 aliphatic rings. The second-order valence-corrected chi connectivity index (χ2v) is 3.86. The third-order valence-corrected chi connectivity index (χ3v) is 2.59. The van der Waals surface area contributed by atoms with Crippen LogP contribution in [0.1, 0.15) is 15.9 Å². The van der Waals surface area contributed by atoms with Crippen LogP contribution >= 0.6 is 0 Å². The van der Waals surface area contributed by atoms with Crippen molar-refractivity contribution in [3.05, 3.63) is 53.9 Å². The quantitative estimate of drug-likeness (QED) is 0.520. The standard InChI is InChI=1S/C14H13N3O3.Co/c1-20-12-4-2-3-11(13(12)18)9-16-17-14(19)10-5-7-15-8-6-10;/h2-9,18H,1H3,(H,17,19);/q;+2/p+1. The first-order chi connectivity index (χ1) is 9.72. The summed E-state index contributed by atoms with van der Waals surface area (Å²) in [7, 11) is 1.50. The van der Waals surface area contributed by atoms with Crippen molar-refractivity contribution in [2.45, 2.75) is 0 Å². The molecule has 0 atom stereocenters. The van der Waals surface area contributed by atoms with Gasteiger partial charge in [-0.15, -0.1) is 0 Å². The fourth-order valence-electron chi connectivity index (χ4n) is 1.55. The van der Waals surface area contributed by atoms with Gasteiger partial charge < -0.3 is 9.84 Å². The average molecular weight is 331 g/mol. The van der Waals surface area contributed by atoms with Crippen molar-refractivity contribution >= 4 is 12.1 Å². The summed E-state index contributed by atoms with van der Waals surface area (Å²) in [6.07, 6.45) is 4.47. The molecule has 0 saturated heterocycles. The van der Waals surface area contributed by atoms with Crippen molar-refractivity contribution in [1.82, 2.24) is 10.4 Å². The second kappa shape index (κ2) is 8.03. The van der Waals surface area contributed by atoms with Crippen LogP contribution in [-0.2, 0) is 16.8 Å². The van der Waals surface area contributed by atoms with Crippen molar-refractivity contribution in [2.24, 2.45) is 5.10 Å². The largest absolute Gasteiger partial charge is 2.00 e. The van der Waals surface area contributed by atoms with E-state index in [0.717, 1.165) is 0 Å². The van der Waals surface area contributed by atoms with Gasteiger partial charge in [-0.3, -0.25) is 9.78 Å². The number of benzene rings is 1. The van der Waals surface area contributed by atoms with E-state index in [4.69, 9.17) is 9.84 Å². The van der Waals surface area contributed by atoms with Gasteiger partial charge in [-0.1, -0.05) is 6.07 Å². The molecular weight excluding hydrogens is 317 g/mol. The number of hydrogen-bond donors (Lipinski definition) is 1. The summed E-state index contributed by atoms with van der Waals surface area (Å²) in [6, 6.07) is 8.34. The molecule has 1 heterocycles. The van der Waals surface area contributed by atoms with Crippen molar-refractivity contribution in [3.8, 4) is 11.5 Å². The Morgan fingerprint density at radius 2 is 2.05 bits per heavy atom. The van der Waals surface area contributed by atoms with Crippen molar-refractivity contribution < 1.29 is 31.4 Å². The number of rotatable bonds is 4. The minimum Gasteiger partial charge on any atom is -0.590 e. The molecule has 21 heavy (non-hydrogen) atoms. The zero-order chi connectivity index (χ0) is 14.4. The van der Waals surface area contributed by atoms with E-state index in [0.29, 0.717) is 16.9 Å². The van der Waals surface area contributed by atoms with Crippen LogP contribution in [0.3, 0.4) is 0 Å². The van der Waals surface area contributed by atoms with Crippen LogP contribution in [0.4, 0.5) is 0 Å². The molecular formula is C14H14CoN3O3+3. The molecule has 0 aliphatic heterocycles. The Kier molecular flexibility index (Phi) is 6.37. The van der Waals surface area contributed by atoms with Gasteiger partial charge in [0.1, 0.15) is 0 Å². The number of hydrazone groups is 1. The Balaban J connectivity index is 0.00000220. The van der Waals surface area contributed by atoms with Crippen molar-refractivity contribution in [2.75, 3.05) is 7.11 Å². The number of ether oxygens (including phenoxy) is 1. The third-order valence-electron chi connectivity index (χ3n) is 2.59. The molecule has 0 spiro atoms. The summed E-state index contributed by atoms with van der Waals surface area (Å²) in [5.41, 5.74) is 3.41. The third kappa shape index (κ3) is 4.30. The van der Waals surface area contributed by atoms with Gasteiger partial charge in [0.2, 0.25) is 5.75 Å². The summed E-state index contributed by atoms with van der Waals surface area (Å²) < 4.78 is 5.04. The Bertz CT molecular complexity index is 633. The maximum Gasteiger partial charge on any atom is 2.00 e. The van der Waals surface area contributed by atoms with E-state index in [1.165, 1.54) is 25.7 Å². The van der Waals surface area contributed by atoms with E-state index in [9.17, 15) is 4.79 Å². The number of carbonyl (C=O) groups is 1. The maximum absolute atomic E-state index is 11.7. The molecule has 2 aromatic rings. The maximum atomic E-state index is 11.7. The number of para-hydroxylation sites is 1. The average Bonchev–Trinajstić information content (AvgIpc) is 2.49. The van der Waals surface area contributed by atoms with Crippen LogP contribution in [0.15, 0.2) is 47.8 Å². The molecule has 7 heteroatoms. The van der Waals surface area contributed by atoms with E-state index >= 15 is 0 Å². The smallest absolute Gasteiger partial charge is 0.590 e. The van der Waals surface area contributed by atoms with Crippen LogP contribution in [0, 0.1) is 0 Å². The van der Waals surface area contributed by atoms with E-state index < -0.39 is 0 Å². The second-order valence-electron chi connectivity index (χ2n) is 3.86. The van der Waals surface area contributed by atoms with Gasteiger partial charge in [0.25, 0.3) is 5.91 Å². The first kappa shape index (κ1) is 16.7. The molecule has 0 aliphatic carbocycles. The molecule has 1 aromatic heterocycles. The Morgan fingerprint density at radius 1 is 1.33 bits per heavy atom. The van der Waals surface area contributed by atoms with Crippen LogP contribution in [0.5, 0.6) is 11.5 Å². The predicted octanol–water partition coefficient (Wildman–Crippen LogP) is 1.29. The fourth-order valence-corrected chi connectivity index (χ4v) is 1.55. The van der Waals surface area contributed by atoms with Gasteiger partial charge in [0.15, 0.2) is 0 Å². The molecule has 3 N–H and O–H groups in total. The molecule has 0 unspecified atom stereocenters. The number of carbonyl (C=O) groups excluding carboxylic acids is 1. The molecule has 109 valence electrons. The van der Waals surface area contributed by atoms with Gasteiger partial charge in [0, 0.05) is 18.0 Å². The Labute approximate surface area is 132 Å². The predicted molar refractivity (Wildman–Crippen MR) is 75.4 cm³/mol. The van der Waals surface area contributed by atoms with E-state index in [2.05, 4.69) is 15.5 Å². The van der Waals surface area contributed by atoms with Gasteiger partial charge in [0.05, 0.1) is 18.9 Å². The first-order valence-corrected chi connectivity index (χ1v) is 5.84. The normalized spacial score (nSPS) is 9.95. The van der Waals surface area contributed by atoms with E-state index in [-0.39, 0.29) is 28.4 Å². The van der Waals surface area contributed by atoms with E-state index in [1.807, 2.05) is 0 Å². The van der Waals surface area contributed by atoms with Crippen LogP contribution in [0.2, 0.25) is 0 Å². The minimum atomic E-state index is -0.335. The summed E-state index contributed by atoms with van der Waals surface area (Å²) in [5.74, 6) is 0.337. The number of nitrogens with one attached hydrogen (secondary N) is 1. The van der Waals surface area contributed by atoms with Crippen molar-refractivity contribution in [3.63, 3.8) is 0 Å². The monoisotopic (exact) mass is 331 g/mol. The number of nitrogens with zero attached hydrogens (tertiary/aromatic N) is 2. The van der Waals surface area contributed by atoms with Gasteiger partial charge >= 0.3 is 22.5 Å². The Hall–Kier alpha value is -2.38. The number of aromatic nitrogens is 1. The Morgan fingerprint density at radius 3 is 2.71 bits per heavy atom. The first-order valence-electron chi connectivity index (χ1n) is 5.84. The summed E-state index contributed by atoms with van der Waals surface area (Å²) in [6.45, 7) is 0. The molecule has 0 fully saturated rings. The number of hydrogen-bond acceptors (Lipinski definition) is 4. The molecule has 1 radical (unpaired) electrons. The van der Waals surface area contributed by atoms with Gasteiger partial charge in [-0.05, 0) is 24.3 Å². The number of pyridine rings is 1. The van der Waals surface area contributed by atoms with Gasteiger partial charge in [-0.25, -0.2) is 5.43 Å². The molecule has 1 aromatic carbocycles. The van der Waals surface area contributed by atoms with Crippen LogP contribution in [-0.4, -0.2) is 29.3 Å². The molecule has 0 bridgehead atoms. The molecule has 6 nitrogen and oxygen atoms in total. The summed E-state index contributed by atoms with van der Waals surface area (Å²) in [5, 5.41) is 11.7. The summed E-state index contributed by atoms with van der Waals surface area (Å²) >= 11 is 0. The fraction of sp³-hybridized carbons (Fsp3) is 0.0714. The van der Waals surface area contributed by atoms with Crippen LogP contribution in [0.25, 0.3) is 0 Å². The SMILES string of the molecule is COc1cccc(C=NNC(=O)c2ccncc2)c1[OH2+].[Co+2]. The van der Waals surface area contributed by atoms with Crippen molar-refractivity contribution in [1.29, 1.82) is 0 Å². The van der Waals surface area contributed by atoms with E-state index in [1.54, 1.807) is 30.3 Å². The zero-order valence-corrected chi connectivity index (χ0v) is 12.2. The molecule has 1 amide bonds. The zero-order valence-electron chi connectivity index (χ0n) is 11.2. The summed E-state index contributed by atoms with van der Waals surface area (Å²) in [4.78, 5) is 15.5.